The number of nitrogens with one attached hydrogen (secondary N) is 5. The van der Waals surface area contributed by atoms with Crippen LogP contribution < -0.4 is 46.7 Å². The molecule has 0 spiro atoms. The van der Waals surface area contributed by atoms with Crippen molar-refractivity contribution in [1.82, 2.24) is 36.3 Å². The van der Waals surface area contributed by atoms with Gasteiger partial charge in [-0.2, -0.15) is 5.48 Å². The summed E-state index contributed by atoms with van der Waals surface area (Å²) in [5.41, 5.74) is 10.2. The molecule has 22 atom stereocenters. The summed E-state index contributed by atoms with van der Waals surface area (Å²) in [7, 11) is 9.17. The largest absolute Gasteiger partial charge is 0.492 e. The molecule has 6 amide bonds. The molecule has 17 unspecified atom stereocenters. The number of alkyl carbamates (subject to hydrolysis) is 2. The number of hydrogen-bond acceptors (Lipinski definition) is 39. The number of methoxy groups -OCH3 is 5. The van der Waals surface area contributed by atoms with Crippen molar-refractivity contribution in [3.63, 3.8) is 0 Å². The molecule has 4 aromatic rings. The lowest BCUT2D eigenvalue weighted by molar-refractivity contribution is -0.337. The number of hydrogen-bond donors (Lipinski definition) is 11. The number of ketones is 5. The lowest BCUT2D eigenvalue weighted by Crippen LogP contribution is -2.65. The Hall–Kier alpha value is -8.76. The third kappa shape index (κ3) is 33.4. The van der Waals surface area contributed by atoms with Crippen LogP contribution in [0.1, 0.15) is 170 Å². The van der Waals surface area contributed by atoms with Crippen molar-refractivity contribution in [3.8, 4) is 40.9 Å². The van der Waals surface area contributed by atoms with Gasteiger partial charge < -0.3 is 123 Å². The fourth-order valence-electron chi connectivity index (χ4n) is 17.4. The highest BCUT2D eigenvalue weighted by molar-refractivity contribution is 14.1. The lowest BCUT2D eigenvalue weighted by Gasteiger charge is -2.47. The standard InChI is InChI=1S/C101H130Br2IN9O33S3/c1-16-113(76(121)48-106-98(128)139-49-58-24-27-61(28-25-58)108-94(126)60(41-75(105)120)40-70(117)54(5)107-93(125)51(2)38-62(115)30-34-137-36-35-136-33-21-22-69(116)59-26-29-64-65(39-59)110-67(47-103)66(46-102)109-64)68-50-138-77(43-74(68)131-11)144-90-85(123)82(55(6)141-97(90)143-73-23-19-17-18-20-32-101(130)45-72(119)83(111-99(129)135-15)80(73)63(101)31-37-147-149-100(9,10)44-52(3)114)112-146-78-42-71(118)92(57(8)140-78)148-95(127)79-53(4)81(104)88(91(134-14)87(79)132-12)145-96-86(124)89(133-13)84(122)56(7)142-96/h17-18,24-29,31,39,51,54-57,60,68,71,73-74,77-78,82,84-86,89-90,92,96-97,112,118,122-124,130H,16,21-22,30,33-38,40-50H2,1-15H3,(H2,105,120)(H,106,128)(H,107,125)(H,108,126)(H,111,129)/b18-17-,63-31+/t51-,54+,55?,56?,57?,60+,68?,71?,73+,74?,77?,78?,82?,84?,85?,86?,89?,90?,92?,96?,97?,101+/m1/s1. The second-order valence-electron chi connectivity index (χ2n) is 36.8. The van der Waals surface area contributed by atoms with E-state index in [0.717, 1.165) is 30.3 Å². The van der Waals surface area contributed by atoms with Gasteiger partial charge in [-0.25, -0.2) is 19.6 Å². The number of aliphatic hydroxyl groups is 5. The quantitative estimate of drug-likeness (QED) is 0.00377. The van der Waals surface area contributed by atoms with Crippen LogP contribution in [0.25, 0.3) is 11.0 Å². The highest BCUT2D eigenvalue weighted by Gasteiger charge is 2.53. The normalized spacial score (nSPS) is 25.9. The molecule has 10 rings (SSSR count). The number of ether oxygens (including phenoxy) is 15. The molecule has 48 heteroatoms. The topological polar surface area (TPSA) is 569 Å². The number of aliphatic hydroxyl groups excluding tert-OH is 4. The summed E-state index contributed by atoms with van der Waals surface area (Å²) in [5, 5.41) is 69.4. The number of fused-ring (bicyclic) bond motifs is 3. The first-order chi connectivity index (χ1) is 70.9. The van der Waals surface area contributed by atoms with Gasteiger partial charge in [0.2, 0.25) is 40.8 Å². The number of Topliss-reactive ketones (excluding diaryl/α,β-unsaturated/α-hetero) is 5. The summed E-state index contributed by atoms with van der Waals surface area (Å²) in [4.78, 5) is 178. The van der Waals surface area contributed by atoms with E-state index in [2.05, 4.69) is 92.3 Å². The molecule has 2 aliphatic carbocycles. The average molecular weight is 2380 g/mol. The lowest BCUT2D eigenvalue weighted by atomic mass is 9.75. The third-order valence-electron chi connectivity index (χ3n) is 25.2. The minimum Gasteiger partial charge on any atom is -0.492 e. The van der Waals surface area contributed by atoms with Crippen LogP contribution in [0.2, 0.25) is 0 Å². The maximum absolute atomic E-state index is 14.7. The smallest absolute Gasteiger partial charge is 0.411 e. The van der Waals surface area contributed by atoms with Crippen molar-refractivity contribution in [2.75, 3.05) is 92.7 Å². The van der Waals surface area contributed by atoms with Crippen molar-refractivity contribution in [2.24, 2.45) is 17.6 Å². The second kappa shape index (κ2) is 58.0. The summed E-state index contributed by atoms with van der Waals surface area (Å²) in [5.74, 6) is 4.88. The predicted octanol–water partition coefficient (Wildman–Crippen LogP) is 8.15. The van der Waals surface area contributed by atoms with E-state index in [9.17, 15) is 83.1 Å². The first kappa shape index (κ1) is 122. The number of benzene rings is 3. The molecule has 4 fully saturated rings. The summed E-state index contributed by atoms with van der Waals surface area (Å²) in [6.45, 7) is 16.0. The zero-order valence-electron chi connectivity index (χ0n) is 85.2. The Morgan fingerprint density at radius 1 is 0.765 bits per heavy atom. The molecule has 0 radical (unpaired) electrons. The van der Waals surface area contributed by atoms with Gasteiger partial charge in [-0.15, -0.1) is 0 Å². The minimum atomic E-state index is -2.25. The number of rotatable bonds is 52. The summed E-state index contributed by atoms with van der Waals surface area (Å²) < 4.78 is 89.8. The maximum atomic E-state index is 14.7. The zero-order valence-corrected chi connectivity index (χ0v) is 93.0. The number of anilines is 1. The number of carbonyl (C=O) groups excluding carboxylic acids is 12. The van der Waals surface area contributed by atoms with Crippen LogP contribution in [0.4, 0.5) is 15.3 Å². The van der Waals surface area contributed by atoms with Gasteiger partial charge in [-0.1, -0.05) is 114 Å². The number of aromatic nitrogens is 2. The highest BCUT2D eigenvalue weighted by atomic mass is 127. The van der Waals surface area contributed by atoms with Crippen molar-refractivity contribution in [1.29, 1.82) is 0 Å². The van der Waals surface area contributed by atoms with Crippen molar-refractivity contribution < 1.29 is 159 Å². The molecular formula is C101H130Br2IN9O33S3. The van der Waals surface area contributed by atoms with Crippen LogP contribution in [0.15, 0.2) is 77.5 Å². The molecule has 5 heterocycles. The molecule has 2 bridgehead atoms. The van der Waals surface area contributed by atoms with Crippen molar-refractivity contribution >= 4 is 174 Å². The fraction of sp³-hybridized carbons (Fsp3) is 0.584. The Kier molecular flexibility index (Phi) is 47.5. The number of allylic oxidation sites excluding steroid dienone is 3. The monoisotopic (exact) mass is 2380 g/mol. The van der Waals surface area contributed by atoms with Crippen LogP contribution in [0.5, 0.6) is 17.2 Å². The maximum Gasteiger partial charge on any atom is 0.411 e. The Labute approximate surface area is 905 Å². The Morgan fingerprint density at radius 3 is 2.11 bits per heavy atom. The van der Waals surface area contributed by atoms with E-state index in [-0.39, 0.29) is 147 Å². The number of halogens is 3. The van der Waals surface area contributed by atoms with Crippen LogP contribution in [-0.2, 0) is 117 Å². The number of thioether (sulfide) groups is 1. The second-order valence-corrected chi connectivity index (χ2v) is 43.2. The molecule has 12 N–H and O–H groups in total. The SMILES string of the molecule is CCN(C(=O)CNC(=O)OCc1ccc(NC(=O)[C@H](CC(N)=O)CC(=O)[C@H](C)NC(=O)[C@H](C)CC(=O)CCOCCOCCCC(=O)c2ccc3nc(CBr)c(CBr)nc3c2)cc1)C1COC(OC2C(O[C@H]3C#C/C=C\C#C[C@]4(O)CC(=O)C(NC(=O)OC)=C3/C4=C\CSSC(C)(C)CC(C)=O)OC(C)C(NOC3CC(O)C(SC(=O)c4c(C)c(I)c(OC5OC(C)C(O)C(OC)C5O)c(OC)c4OC)C(C)O3)C2O)CC1OC. The Balaban J connectivity index is 0.742. The first-order valence-corrected chi connectivity index (χ1v) is 54.7. The highest BCUT2D eigenvalue weighted by Crippen LogP contribution is 2.50. The molecule has 816 valence electrons. The molecule has 149 heavy (non-hydrogen) atoms. The first-order valence-electron chi connectivity index (χ1n) is 48.2. The van der Waals surface area contributed by atoms with Gasteiger partial charge in [0.15, 0.2) is 53.3 Å². The van der Waals surface area contributed by atoms with E-state index in [1.165, 1.54) is 112 Å². The van der Waals surface area contributed by atoms with E-state index >= 15 is 0 Å². The fourth-order valence-corrected chi connectivity index (χ4v) is 22.5. The minimum absolute atomic E-state index is 0.00379. The van der Waals surface area contributed by atoms with Gasteiger partial charge in [0, 0.05) is 128 Å². The average Bonchev–Trinajstić information content (AvgIpc) is 0.743. The van der Waals surface area contributed by atoms with Crippen molar-refractivity contribution in [3.05, 3.63) is 115 Å². The van der Waals surface area contributed by atoms with Crippen LogP contribution in [-0.4, -0.2) is 324 Å². The molecule has 3 aromatic carbocycles. The predicted molar refractivity (Wildman–Crippen MR) is 560 cm³/mol. The Morgan fingerprint density at radius 2 is 1.46 bits per heavy atom. The van der Waals surface area contributed by atoms with Gasteiger partial charge in [0.05, 0.1) is 151 Å². The number of hydroxylamine groups is 1. The number of carbonyl (C=O) groups is 12. The molecular weight excluding hydrogens is 2250 g/mol. The molecule has 4 aliphatic heterocycles. The summed E-state index contributed by atoms with van der Waals surface area (Å²) >= 11 is 9.61. The number of primary amides is 1. The van der Waals surface area contributed by atoms with E-state index in [1.807, 2.05) is 36.4 Å². The number of amides is 6. The number of nitrogens with zero attached hydrogens (tertiary/aromatic N) is 3. The van der Waals surface area contributed by atoms with Gasteiger partial charge in [0.1, 0.15) is 61.3 Å². The van der Waals surface area contributed by atoms with Crippen molar-refractivity contribution in [2.45, 2.75) is 277 Å². The van der Waals surface area contributed by atoms with Gasteiger partial charge in [-0.3, -0.25) is 58.1 Å². The van der Waals surface area contributed by atoms with Crippen LogP contribution in [0.3, 0.4) is 0 Å². The van der Waals surface area contributed by atoms with Gasteiger partial charge in [-0.05, 0) is 145 Å². The van der Waals surface area contributed by atoms with E-state index in [1.54, 1.807) is 58.9 Å². The molecule has 1 aromatic heterocycles. The van der Waals surface area contributed by atoms with Crippen LogP contribution in [0, 0.1) is 46.0 Å². The summed E-state index contributed by atoms with van der Waals surface area (Å²) in [6, 6.07) is 7.99. The van der Waals surface area contributed by atoms with E-state index in [0.29, 0.717) is 55.0 Å². The molecule has 6 aliphatic rings. The third-order valence-corrected chi connectivity index (χ3v) is 32.1. The van der Waals surface area contributed by atoms with Crippen LogP contribution >= 0.6 is 87.8 Å². The van der Waals surface area contributed by atoms with E-state index < -0.39 is 216 Å². The molecule has 0 saturated carbocycles. The zero-order chi connectivity index (χ0) is 109. The summed E-state index contributed by atoms with van der Waals surface area (Å²) in [6.07, 6.45) is -18.7. The number of nitrogens with two attached hydrogens (primary N) is 1. The number of alkyl halides is 2. The Bertz CT molecular complexity index is 5660. The van der Waals surface area contributed by atoms with Gasteiger partial charge >= 0.3 is 12.2 Å². The van der Waals surface area contributed by atoms with E-state index in [4.69, 9.17) is 81.6 Å². The number of likely N-dealkylation sites (N-methyl/N-ethyl adjacent to an activating group) is 1. The molecule has 4 saturated heterocycles. The van der Waals surface area contributed by atoms with Gasteiger partial charge in [0.25, 0.3) is 0 Å². The molecule has 42 nitrogen and oxygen atoms in total.